The summed E-state index contributed by atoms with van der Waals surface area (Å²) < 4.78 is 2.53. The molecule has 5 heteroatoms. The number of nitrogens with one attached hydrogen (secondary N) is 1. The van der Waals surface area contributed by atoms with Crippen molar-refractivity contribution in [1.29, 1.82) is 0 Å². The first kappa shape index (κ1) is 48.1. The molecular weight excluding hydrogens is 911 g/mol. The summed E-state index contributed by atoms with van der Waals surface area (Å²) in [6.07, 6.45) is 8.44. The topological polar surface area (TPSA) is 57.3 Å². The van der Waals surface area contributed by atoms with Gasteiger partial charge in [0.2, 0.25) is 0 Å². The molecule has 75 heavy (non-hydrogen) atoms. The summed E-state index contributed by atoms with van der Waals surface area (Å²) in [6.45, 7) is 33.6. The lowest BCUT2D eigenvalue weighted by molar-refractivity contribution is 1.05. The van der Waals surface area contributed by atoms with Crippen LogP contribution in [-0.2, 0) is 0 Å². The fraction of sp³-hybridized carbons (Fsp3) is 0.243. The Labute approximate surface area is 442 Å². The zero-order valence-corrected chi connectivity index (χ0v) is 46.5. The van der Waals surface area contributed by atoms with E-state index in [1.807, 2.05) is 0 Å². The van der Waals surface area contributed by atoms with Crippen LogP contribution in [0.2, 0.25) is 0 Å². The highest BCUT2D eigenvalue weighted by Gasteiger charge is 2.33. The highest BCUT2D eigenvalue weighted by atomic mass is 15.0. The monoisotopic (exact) mass is 978 g/mol. The van der Waals surface area contributed by atoms with Crippen molar-refractivity contribution in [3.8, 4) is 11.1 Å². The van der Waals surface area contributed by atoms with Crippen LogP contribution in [0.25, 0.3) is 45.0 Å². The first-order valence-corrected chi connectivity index (χ1v) is 26.8. The van der Waals surface area contributed by atoms with Gasteiger partial charge in [0.1, 0.15) is 0 Å². The summed E-state index contributed by atoms with van der Waals surface area (Å²) in [4.78, 5) is 21.8. The van der Waals surface area contributed by atoms with Crippen molar-refractivity contribution in [3.63, 3.8) is 0 Å². The number of nitrogens with zero attached hydrogens (tertiary/aromatic N) is 4. The number of aromatic nitrogens is 2. The smallest absolute Gasteiger partial charge is 0.0978 e. The molecule has 5 nitrogen and oxygen atoms in total. The number of H-pyrrole nitrogens is 1. The van der Waals surface area contributed by atoms with Crippen molar-refractivity contribution in [2.24, 2.45) is 15.0 Å². The molecule has 0 spiro atoms. The largest absolute Gasteiger partial charge is 0.354 e. The number of hydrogen-bond donors (Lipinski definition) is 1. The molecule has 8 bridgehead atoms. The van der Waals surface area contributed by atoms with Gasteiger partial charge in [-0.15, -0.1) is 0 Å². The van der Waals surface area contributed by atoms with E-state index in [0.29, 0.717) is 0 Å². The van der Waals surface area contributed by atoms with Gasteiger partial charge in [-0.05, 0) is 243 Å². The Morgan fingerprint density at radius 3 is 1.33 bits per heavy atom. The predicted molar refractivity (Wildman–Crippen MR) is 318 cm³/mol. The number of allylic oxidation sites excluding steroid dienone is 4. The molecule has 12 rings (SSSR count). The average molecular weight is 978 g/mol. The maximum absolute atomic E-state index is 5.95. The number of fused-ring (bicyclic) bond motifs is 5. The van der Waals surface area contributed by atoms with E-state index in [2.05, 4.69) is 216 Å². The molecule has 8 aromatic rings. The summed E-state index contributed by atoms with van der Waals surface area (Å²) in [5, 5.41) is 3.16. The van der Waals surface area contributed by atoms with Gasteiger partial charge in [-0.3, -0.25) is 4.99 Å². The number of rotatable bonds is 5. The molecule has 1 N–H and O–H groups in total. The minimum atomic E-state index is 0.798. The Bertz CT molecular complexity index is 4190. The van der Waals surface area contributed by atoms with E-state index in [-0.39, 0.29) is 0 Å². The summed E-state index contributed by atoms with van der Waals surface area (Å²) >= 11 is 0. The summed E-state index contributed by atoms with van der Waals surface area (Å²) in [7, 11) is 0. The standard InChI is InChI=1S/C70H67N5/c1-35-24-40(6)60(41(7)25-35)65-50-16-17-51(71-50)66(61-42(8)26-36(2)27-43(61)9)53-20-21-55(73-53)68(63-46(12)30-38(4)31-47(63)13)57-22-23-58-69(64-48(14)32-39(5)33-49(64)15)70-59(75(57)58)34-56(74-70)67(54-19-18-52(65)72-54)62-44(10)28-37(3)29-45(62)11/h16-19,22-34,71H,20-21H2,1-15H3. The lowest BCUT2D eigenvalue weighted by atomic mass is 9.89. The van der Waals surface area contributed by atoms with Crippen LogP contribution in [0.15, 0.2) is 123 Å². The maximum atomic E-state index is 5.95. The fourth-order valence-corrected chi connectivity index (χ4v) is 14.1. The molecule has 0 fully saturated rings. The summed E-state index contributed by atoms with van der Waals surface area (Å²) in [5.41, 5.74) is 38.5. The second-order valence-electron chi connectivity index (χ2n) is 22.6. The van der Waals surface area contributed by atoms with Crippen molar-refractivity contribution in [2.75, 3.05) is 0 Å². The van der Waals surface area contributed by atoms with Crippen LogP contribution in [0.1, 0.15) is 124 Å². The number of benzene rings is 5. The minimum Gasteiger partial charge on any atom is -0.354 e. The molecule has 372 valence electrons. The summed E-state index contributed by atoms with van der Waals surface area (Å²) in [5.74, 6) is 0. The van der Waals surface area contributed by atoms with Gasteiger partial charge in [0.15, 0.2) is 0 Å². The van der Waals surface area contributed by atoms with Crippen LogP contribution in [0.3, 0.4) is 0 Å². The number of aromatic amines is 1. The van der Waals surface area contributed by atoms with E-state index in [0.717, 1.165) is 91.0 Å². The minimum absolute atomic E-state index is 0.798. The molecule has 0 aliphatic carbocycles. The third kappa shape index (κ3) is 7.68. The number of hydrogen-bond acceptors (Lipinski definition) is 3. The first-order chi connectivity index (χ1) is 35.8. The molecule has 5 aromatic carbocycles. The fourth-order valence-electron chi connectivity index (χ4n) is 14.1. The first-order valence-electron chi connectivity index (χ1n) is 26.8. The highest BCUT2D eigenvalue weighted by molar-refractivity contribution is 6.42. The lowest BCUT2D eigenvalue weighted by Gasteiger charge is -2.18. The zero-order valence-electron chi connectivity index (χ0n) is 46.5. The Kier molecular flexibility index (Phi) is 11.3. The van der Waals surface area contributed by atoms with Crippen LogP contribution < -0.4 is 16.0 Å². The lowest BCUT2D eigenvalue weighted by Crippen LogP contribution is -2.22. The zero-order chi connectivity index (χ0) is 52.6. The molecule has 0 amide bonds. The van der Waals surface area contributed by atoms with Crippen LogP contribution in [-0.4, -0.2) is 26.5 Å². The van der Waals surface area contributed by atoms with E-state index in [1.165, 1.54) is 122 Å². The van der Waals surface area contributed by atoms with Gasteiger partial charge in [0.05, 0.1) is 50.8 Å². The van der Waals surface area contributed by atoms with Gasteiger partial charge in [-0.1, -0.05) is 88.5 Å². The second kappa shape index (κ2) is 17.6. The van der Waals surface area contributed by atoms with Crippen LogP contribution in [0, 0.1) is 104 Å². The third-order valence-corrected chi connectivity index (χ3v) is 16.3. The van der Waals surface area contributed by atoms with E-state index in [9.17, 15) is 0 Å². The Hall–Kier alpha value is -7.89. The van der Waals surface area contributed by atoms with E-state index in [1.54, 1.807) is 0 Å². The molecule has 3 aromatic heterocycles. The van der Waals surface area contributed by atoms with Crippen molar-refractivity contribution in [2.45, 2.75) is 117 Å². The van der Waals surface area contributed by atoms with Crippen molar-refractivity contribution in [1.82, 2.24) is 9.38 Å². The van der Waals surface area contributed by atoms with Gasteiger partial charge in [-0.25, -0.2) is 9.98 Å². The van der Waals surface area contributed by atoms with Gasteiger partial charge in [-0.2, -0.15) is 0 Å². The van der Waals surface area contributed by atoms with Crippen LogP contribution in [0.5, 0.6) is 0 Å². The molecule has 0 saturated heterocycles. The Morgan fingerprint density at radius 1 is 0.387 bits per heavy atom. The molecule has 4 aliphatic rings. The van der Waals surface area contributed by atoms with Crippen LogP contribution in [0.4, 0.5) is 5.69 Å². The second-order valence-corrected chi connectivity index (χ2v) is 22.6. The molecule has 0 unspecified atom stereocenters. The number of aryl methyl sites for hydroxylation is 15. The maximum Gasteiger partial charge on any atom is 0.0978 e. The predicted octanol–water partition coefficient (Wildman–Crippen LogP) is 14.7. The molecule has 0 saturated carbocycles. The SMILES string of the molecule is Cc1cc(C)c(C2=C3C=CC(=N3)C(c3c(C)cc(C)cc3C)=c3ccc([nH]3)=C(c3c(C)cc(C)cc3C)C3=NC(=C(c4c(C)cc(C)cc4C)c4ccc5c(-c6c(C)cc(C)cc6C)c6c(n45)=CC2=N6)CC3)c(C)c1. The third-order valence-electron chi connectivity index (χ3n) is 16.3. The van der Waals surface area contributed by atoms with E-state index >= 15 is 0 Å². The molecule has 0 atom stereocenters. The van der Waals surface area contributed by atoms with Crippen molar-refractivity contribution >= 4 is 56.7 Å². The van der Waals surface area contributed by atoms with E-state index < -0.39 is 0 Å². The van der Waals surface area contributed by atoms with Gasteiger partial charge in [0, 0.05) is 38.6 Å². The van der Waals surface area contributed by atoms with E-state index in [4.69, 9.17) is 15.0 Å². The molecule has 0 radical (unpaired) electrons. The normalized spacial score (nSPS) is 15.2. The van der Waals surface area contributed by atoms with Crippen molar-refractivity contribution < 1.29 is 0 Å². The highest BCUT2D eigenvalue weighted by Crippen LogP contribution is 2.46. The quantitative estimate of drug-likeness (QED) is 0.179. The Balaban J connectivity index is 1.31. The van der Waals surface area contributed by atoms with Gasteiger partial charge in [0.25, 0.3) is 0 Å². The van der Waals surface area contributed by atoms with Crippen molar-refractivity contribution in [3.05, 3.63) is 236 Å². The Morgan fingerprint density at radius 2 is 0.827 bits per heavy atom. The molecule has 4 aliphatic heterocycles. The molecule has 7 heterocycles. The molecular formula is C70H67N5. The van der Waals surface area contributed by atoms with Crippen LogP contribution >= 0.6 is 0 Å². The number of aliphatic imine (C=N–C) groups is 3. The van der Waals surface area contributed by atoms with Gasteiger partial charge < -0.3 is 9.38 Å². The average Bonchev–Trinajstić information content (AvgIpc) is 4.19. The van der Waals surface area contributed by atoms with Gasteiger partial charge >= 0.3 is 0 Å². The summed E-state index contributed by atoms with van der Waals surface area (Å²) in [6, 6.07) is 32.5.